The molecule has 0 unspecified atom stereocenters. The van der Waals surface area contributed by atoms with Crippen LogP contribution in [0, 0.1) is 0 Å². The Labute approximate surface area is 156 Å². The van der Waals surface area contributed by atoms with E-state index < -0.39 is 11.4 Å². The molecule has 0 aliphatic heterocycles. The summed E-state index contributed by atoms with van der Waals surface area (Å²) in [6, 6.07) is 17.4. The number of hydrogen-bond donors (Lipinski definition) is 1. The zero-order chi connectivity index (χ0) is 17.9. The van der Waals surface area contributed by atoms with Gasteiger partial charge in [0.1, 0.15) is 5.60 Å². The molecular weight excluding hydrogens is 380 g/mol. The molecule has 2 aromatic carbocycles. The minimum atomic E-state index is -1.24. The second kappa shape index (κ2) is 7.26. The summed E-state index contributed by atoms with van der Waals surface area (Å²) in [7, 11) is 3.23. The Morgan fingerprint density at radius 3 is 2.08 bits per heavy atom. The third-order valence-electron chi connectivity index (χ3n) is 4.69. The molecule has 1 aliphatic rings. The molecule has 0 spiro atoms. The number of hydrogen-bond acceptors (Lipinski definition) is 3. The maximum atomic E-state index is 11.8. The molecule has 0 fully saturated rings. The second-order valence-corrected chi connectivity index (χ2v) is 6.92. The van der Waals surface area contributed by atoms with Crippen LogP contribution in [0.4, 0.5) is 0 Å². The molecule has 0 bridgehead atoms. The quantitative estimate of drug-likeness (QED) is 0.747. The molecular formula is C21H21BrO3. The summed E-state index contributed by atoms with van der Waals surface area (Å²) in [4.78, 5) is 0. The Bertz CT molecular complexity index is 777. The van der Waals surface area contributed by atoms with Gasteiger partial charge < -0.3 is 14.6 Å². The molecule has 1 atom stereocenters. The van der Waals surface area contributed by atoms with Gasteiger partial charge in [-0.15, -0.1) is 0 Å². The third kappa shape index (κ3) is 3.35. The van der Waals surface area contributed by atoms with E-state index in [4.69, 9.17) is 9.47 Å². The van der Waals surface area contributed by atoms with Crippen molar-refractivity contribution in [2.75, 3.05) is 14.2 Å². The van der Waals surface area contributed by atoms with Gasteiger partial charge in [0, 0.05) is 25.1 Å². The van der Waals surface area contributed by atoms with Crippen LogP contribution in [0.3, 0.4) is 0 Å². The zero-order valence-corrected chi connectivity index (χ0v) is 15.9. The van der Waals surface area contributed by atoms with Gasteiger partial charge in [-0.1, -0.05) is 70.5 Å². The summed E-state index contributed by atoms with van der Waals surface area (Å²) >= 11 is 3.45. The Morgan fingerprint density at radius 2 is 1.56 bits per heavy atom. The highest BCUT2D eigenvalue weighted by atomic mass is 79.9. The molecule has 4 heteroatoms. The van der Waals surface area contributed by atoms with Crippen LogP contribution in [-0.2, 0) is 15.1 Å². The zero-order valence-electron chi connectivity index (χ0n) is 14.3. The standard InChI is InChI=1S/C21H21BrO3/c1-24-20(25-2)14-12-18(13-15-20)21(23,16-6-4-3-5-7-16)17-8-10-19(22)11-9-17/h3-14,23H,15H2,1-2H3/t21-/m0/s1. The fraction of sp³-hybridized carbons (Fsp3) is 0.238. The highest BCUT2D eigenvalue weighted by Gasteiger charge is 2.38. The van der Waals surface area contributed by atoms with E-state index in [1.165, 1.54) is 0 Å². The van der Waals surface area contributed by atoms with Crippen LogP contribution in [0.15, 0.2) is 82.9 Å². The fourth-order valence-corrected chi connectivity index (χ4v) is 3.39. The van der Waals surface area contributed by atoms with Gasteiger partial charge in [0.15, 0.2) is 5.79 Å². The van der Waals surface area contributed by atoms with E-state index >= 15 is 0 Å². The van der Waals surface area contributed by atoms with Crippen LogP contribution in [0.1, 0.15) is 17.5 Å². The van der Waals surface area contributed by atoms with Crippen LogP contribution in [0.5, 0.6) is 0 Å². The predicted molar refractivity (Wildman–Crippen MR) is 102 cm³/mol. The van der Waals surface area contributed by atoms with Crippen molar-refractivity contribution in [3.05, 3.63) is 94.0 Å². The molecule has 3 rings (SSSR count). The average Bonchev–Trinajstić information content (AvgIpc) is 2.68. The number of aliphatic hydroxyl groups is 1. The number of ether oxygens (including phenoxy) is 2. The molecule has 0 saturated carbocycles. The third-order valence-corrected chi connectivity index (χ3v) is 5.21. The lowest BCUT2D eigenvalue weighted by Crippen LogP contribution is -2.36. The minimum absolute atomic E-state index is 0.525. The van der Waals surface area contributed by atoms with Crippen molar-refractivity contribution >= 4 is 15.9 Å². The van der Waals surface area contributed by atoms with E-state index in [0.29, 0.717) is 6.42 Å². The van der Waals surface area contributed by atoms with Gasteiger partial charge in [0.25, 0.3) is 0 Å². The molecule has 2 aromatic rings. The minimum Gasteiger partial charge on any atom is -0.376 e. The van der Waals surface area contributed by atoms with Gasteiger partial charge in [-0.2, -0.15) is 0 Å². The van der Waals surface area contributed by atoms with Gasteiger partial charge in [-0.3, -0.25) is 0 Å². The normalized spacial score (nSPS) is 18.5. The van der Waals surface area contributed by atoms with Gasteiger partial charge in [0.05, 0.1) is 0 Å². The van der Waals surface area contributed by atoms with Crippen molar-refractivity contribution < 1.29 is 14.6 Å². The molecule has 0 saturated heterocycles. The number of methoxy groups -OCH3 is 2. The summed E-state index contributed by atoms with van der Waals surface area (Å²) in [6.07, 6.45) is 6.24. The van der Waals surface area contributed by atoms with Crippen molar-refractivity contribution in [1.29, 1.82) is 0 Å². The molecule has 130 valence electrons. The van der Waals surface area contributed by atoms with Crippen LogP contribution in [0.25, 0.3) is 0 Å². The van der Waals surface area contributed by atoms with Crippen molar-refractivity contribution in [3.8, 4) is 0 Å². The van der Waals surface area contributed by atoms with Gasteiger partial charge >= 0.3 is 0 Å². The van der Waals surface area contributed by atoms with E-state index in [-0.39, 0.29) is 0 Å². The van der Waals surface area contributed by atoms with Crippen molar-refractivity contribution in [2.45, 2.75) is 17.8 Å². The number of rotatable bonds is 5. The molecule has 0 radical (unpaired) electrons. The number of benzene rings is 2. The van der Waals surface area contributed by atoms with Crippen LogP contribution in [0.2, 0.25) is 0 Å². The molecule has 25 heavy (non-hydrogen) atoms. The first-order chi connectivity index (χ1) is 12.0. The van der Waals surface area contributed by atoms with Gasteiger partial charge in [-0.25, -0.2) is 0 Å². The highest BCUT2D eigenvalue weighted by Crippen LogP contribution is 2.40. The maximum Gasteiger partial charge on any atom is 0.190 e. The van der Waals surface area contributed by atoms with E-state index in [1.54, 1.807) is 14.2 Å². The predicted octanol–water partition coefficient (Wildman–Crippen LogP) is 4.56. The fourth-order valence-electron chi connectivity index (χ4n) is 3.13. The highest BCUT2D eigenvalue weighted by molar-refractivity contribution is 9.10. The van der Waals surface area contributed by atoms with Gasteiger partial charge in [-0.05, 0) is 34.9 Å². The lowest BCUT2D eigenvalue weighted by atomic mass is 9.77. The molecule has 3 nitrogen and oxygen atoms in total. The van der Waals surface area contributed by atoms with Crippen molar-refractivity contribution in [3.63, 3.8) is 0 Å². The van der Waals surface area contributed by atoms with Crippen LogP contribution < -0.4 is 0 Å². The number of halogens is 1. The Balaban J connectivity index is 2.09. The molecule has 1 N–H and O–H groups in total. The maximum absolute atomic E-state index is 11.8. The topological polar surface area (TPSA) is 38.7 Å². The largest absolute Gasteiger partial charge is 0.376 e. The first-order valence-electron chi connectivity index (χ1n) is 8.08. The lowest BCUT2D eigenvalue weighted by Gasteiger charge is -2.35. The summed E-state index contributed by atoms with van der Waals surface area (Å²) in [6.45, 7) is 0. The first kappa shape index (κ1) is 18.1. The molecule has 0 heterocycles. The Hall–Kier alpha value is -1.72. The Kier molecular flexibility index (Phi) is 5.25. The second-order valence-electron chi connectivity index (χ2n) is 6.00. The van der Waals surface area contributed by atoms with E-state index in [1.807, 2.05) is 72.8 Å². The summed E-state index contributed by atoms with van der Waals surface area (Å²) in [5, 5.41) is 11.8. The average molecular weight is 401 g/mol. The summed E-state index contributed by atoms with van der Waals surface area (Å²) in [5.41, 5.74) is 1.17. The van der Waals surface area contributed by atoms with E-state index in [9.17, 15) is 5.11 Å². The van der Waals surface area contributed by atoms with E-state index in [2.05, 4.69) is 15.9 Å². The smallest absolute Gasteiger partial charge is 0.190 e. The molecule has 0 amide bonds. The summed E-state index contributed by atoms with van der Waals surface area (Å²) in [5.74, 6) is -0.777. The molecule has 0 aromatic heterocycles. The molecule has 1 aliphatic carbocycles. The van der Waals surface area contributed by atoms with Crippen LogP contribution in [-0.4, -0.2) is 25.1 Å². The summed E-state index contributed by atoms with van der Waals surface area (Å²) < 4.78 is 11.9. The lowest BCUT2D eigenvalue weighted by molar-refractivity contribution is -0.168. The SMILES string of the molecule is COC1(OC)C=CC([C@](O)(c2ccccc2)c2ccc(Br)cc2)=CC1. The van der Waals surface area contributed by atoms with Crippen molar-refractivity contribution in [1.82, 2.24) is 0 Å². The van der Waals surface area contributed by atoms with Gasteiger partial charge in [0.2, 0.25) is 0 Å². The first-order valence-corrected chi connectivity index (χ1v) is 8.87. The monoisotopic (exact) mass is 400 g/mol. The van der Waals surface area contributed by atoms with E-state index in [0.717, 1.165) is 21.2 Å². The van der Waals surface area contributed by atoms with Crippen molar-refractivity contribution in [2.24, 2.45) is 0 Å². The Morgan fingerprint density at radius 1 is 0.960 bits per heavy atom. The van der Waals surface area contributed by atoms with Crippen LogP contribution >= 0.6 is 15.9 Å².